The second-order valence-electron chi connectivity index (χ2n) is 11.2. The molecule has 0 saturated carbocycles. The van der Waals surface area contributed by atoms with E-state index < -0.39 is 39.5 Å². The molecule has 0 radical (unpaired) electrons. The lowest BCUT2D eigenvalue weighted by molar-refractivity contribution is 0.000951. The van der Waals surface area contributed by atoms with Gasteiger partial charge in [0, 0.05) is 31.7 Å². The number of carbonyl (C=O) groups excluding carboxylic acids is 2. The van der Waals surface area contributed by atoms with E-state index in [0.717, 1.165) is 6.26 Å². The molecular weight excluding hydrogens is 547 g/mol. The average Bonchev–Trinajstić information content (AvgIpc) is 2.95. The van der Waals surface area contributed by atoms with Crippen LogP contribution in [0.25, 0.3) is 0 Å². The fraction of sp³-hybridized carbons (Fsp3) is 0.696. The van der Waals surface area contributed by atoms with Gasteiger partial charge in [-0.3, -0.25) is 8.98 Å². The molecule has 0 aromatic carbocycles. The molecule has 0 N–H and O–H groups in total. The van der Waals surface area contributed by atoms with E-state index in [9.17, 15) is 18.0 Å². The monoisotopic (exact) mass is 578 g/mol. The molecule has 2 atom stereocenters. The Kier molecular flexibility index (Phi) is 7.28. The molecule has 1 unspecified atom stereocenters. The lowest BCUT2D eigenvalue weighted by Gasteiger charge is -2.40. The van der Waals surface area contributed by atoms with Crippen LogP contribution in [0.1, 0.15) is 51.4 Å². The summed E-state index contributed by atoms with van der Waals surface area (Å²) in [5.41, 5.74) is -1.11. The van der Waals surface area contributed by atoms with Crippen LogP contribution in [0.3, 0.4) is 0 Å². The van der Waals surface area contributed by atoms with Crippen molar-refractivity contribution in [3.63, 3.8) is 0 Å². The Balaban J connectivity index is 1.67. The Bertz CT molecular complexity index is 1220. The number of amides is 2. The molecule has 2 amide bonds. The van der Waals surface area contributed by atoms with E-state index in [4.69, 9.17) is 36.9 Å². The maximum atomic E-state index is 14.0. The van der Waals surface area contributed by atoms with Crippen molar-refractivity contribution < 1.29 is 31.7 Å². The molecule has 1 aromatic heterocycles. The second kappa shape index (κ2) is 9.62. The number of hydrogen-bond donors (Lipinski definition) is 0. The average molecular weight is 580 g/mol. The van der Waals surface area contributed by atoms with Gasteiger partial charge in [-0.2, -0.15) is 8.42 Å². The van der Waals surface area contributed by atoms with Crippen molar-refractivity contribution >= 4 is 51.1 Å². The molecule has 4 rings (SSSR count). The quantitative estimate of drug-likeness (QED) is 0.393. The maximum Gasteiger partial charge on any atom is 0.410 e. The molecule has 206 valence electrons. The Labute approximate surface area is 227 Å². The van der Waals surface area contributed by atoms with Crippen molar-refractivity contribution in [3.05, 3.63) is 15.7 Å². The van der Waals surface area contributed by atoms with Crippen molar-refractivity contribution in [1.29, 1.82) is 0 Å². The third kappa shape index (κ3) is 5.86. The number of ether oxygens (including phenoxy) is 2. The molecule has 14 heteroatoms. The van der Waals surface area contributed by atoms with Gasteiger partial charge in [0.2, 0.25) is 0 Å². The third-order valence-electron chi connectivity index (χ3n) is 6.48. The normalized spacial score (nSPS) is 23.8. The maximum absolute atomic E-state index is 14.0. The van der Waals surface area contributed by atoms with Gasteiger partial charge in [-0.1, -0.05) is 23.2 Å². The van der Waals surface area contributed by atoms with Gasteiger partial charge in [0.05, 0.1) is 18.4 Å². The molecule has 4 heterocycles. The fourth-order valence-corrected chi connectivity index (χ4v) is 5.96. The van der Waals surface area contributed by atoms with Crippen LogP contribution < -0.4 is 9.64 Å². The van der Waals surface area contributed by atoms with Crippen LogP contribution in [0.5, 0.6) is 5.75 Å². The molecule has 0 bridgehead atoms. The summed E-state index contributed by atoms with van der Waals surface area (Å²) in [5.74, 6) is 0.00285. The lowest BCUT2D eigenvalue weighted by atomic mass is 10.0. The summed E-state index contributed by atoms with van der Waals surface area (Å²) in [6.07, 6.45) is 0.285. The molecule has 2 fully saturated rings. The zero-order valence-corrected chi connectivity index (χ0v) is 24.0. The van der Waals surface area contributed by atoms with Crippen molar-refractivity contribution in [1.82, 2.24) is 14.8 Å². The summed E-state index contributed by atoms with van der Waals surface area (Å²) in [5, 5.41) is -0.0275. The molecule has 3 aliphatic heterocycles. The van der Waals surface area contributed by atoms with Crippen LogP contribution in [0.15, 0.2) is 0 Å². The van der Waals surface area contributed by atoms with E-state index in [0.29, 0.717) is 6.42 Å². The van der Waals surface area contributed by atoms with E-state index in [1.54, 1.807) is 30.6 Å². The van der Waals surface area contributed by atoms with Crippen LogP contribution in [-0.4, -0.2) is 97.5 Å². The highest BCUT2D eigenvalue weighted by Gasteiger charge is 2.46. The first-order valence-electron chi connectivity index (χ1n) is 11.9. The number of anilines is 1. The van der Waals surface area contributed by atoms with E-state index in [2.05, 4.69) is 4.98 Å². The minimum absolute atomic E-state index is 0.0125. The summed E-state index contributed by atoms with van der Waals surface area (Å²) in [6.45, 7) is 10.2. The zero-order chi connectivity index (χ0) is 27.5. The van der Waals surface area contributed by atoms with Gasteiger partial charge in [0.15, 0.2) is 10.9 Å². The number of piperazine rings is 1. The first-order valence-corrected chi connectivity index (χ1v) is 14.5. The zero-order valence-electron chi connectivity index (χ0n) is 21.7. The van der Waals surface area contributed by atoms with Gasteiger partial charge in [0.1, 0.15) is 28.6 Å². The highest BCUT2D eigenvalue weighted by atomic mass is 35.5. The topological polar surface area (TPSA) is 119 Å². The van der Waals surface area contributed by atoms with Crippen molar-refractivity contribution in [2.24, 2.45) is 0 Å². The van der Waals surface area contributed by atoms with E-state index in [1.807, 2.05) is 18.7 Å². The molecule has 37 heavy (non-hydrogen) atoms. The Hall–Kier alpha value is -2.02. The second-order valence-corrected chi connectivity index (χ2v) is 13.5. The largest absolute Gasteiger partial charge is 0.489 e. The van der Waals surface area contributed by atoms with Gasteiger partial charge >= 0.3 is 6.09 Å². The SMILES string of the molecule is CC(C)(C)OC(=O)N1CCN2C(=O)c3c(N4CC(OS(C)(=O)=O)CC4(C)C)nc(Cl)c(Cl)c3OC[C@H]2C1. The van der Waals surface area contributed by atoms with Gasteiger partial charge in [-0.15, -0.1) is 0 Å². The highest BCUT2D eigenvalue weighted by Crippen LogP contribution is 2.45. The number of hydrogen-bond acceptors (Lipinski definition) is 9. The number of rotatable bonds is 3. The number of halogens is 2. The van der Waals surface area contributed by atoms with E-state index in [-0.39, 0.29) is 66.0 Å². The number of nitrogens with zero attached hydrogens (tertiary/aromatic N) is 4. The number of pyridine rings is 1. The first-order chi connectivity index (χ1) is 17.0. The van der Waals surface area contributed by atoms with Crippen LogP contribution in [0.2, 0.25) is 10.2 Å². The minimum atomic E-state index is -3.69. The fourth-order valence-electron chi connectivity index (χ4n) is 4.97. The Morgan fingerprint density at radius 3 is 2.49 bits per heavy atom. The van der Waals surface area contributed by atoms with Crippen LogP contribution in [-0.2, 0) is 19.0 Å². The molecule has 11 nitrogen and oxygen atoms in total. The third-order valence-corrected chi connectivity index (χ3v) is 7.82. The van der Waals surface area contributed by atoms with Crippen molar-refractivity contribution in [3.8, 4) is 5.75 Å². The van der Waals surface area contributed by atoms with Crippen molar-refractivity contribution in [2.75, 3.05) is 43.9 Å². The number of carbonyl (C=O) groups is 2. The summed E-state index contributed by atoms with van der Waals surface area (Å²) >= 11 is 12.8. The Morgan fingerprint density at radius 2 is 1.86 bits per heavy atom. The van der Waals surface area contributed by atoms with Gasteiger partial charge in [-0.05, 0) is 41.0 Å². The molecule has 0 spiro atoms. The standard InChI is InChI=1S/C23H32Cl2N4O7S/c1-22(2,3)35-21(31)27-7-8-28-13(10-27)12-34-17-15(20(28)30)19(26-18(25)16(17)24)29-11-14(9-23(29,4)5)36-37(6,32)33/h13-14H,7-12H2,1-6H3/t13-,14?/m1/s1. The van der Waals surface area contributed by atoms with Gasteiger partial charge in [-0.25, -0.2) is 9.78 Å². The molecule has 3 aliphatic rings. The molecule has 1 aromatic rings. The number of aromatic nitrogens is 1. The first kappa shape index (κ1) is 28.0. The van der Waals surface area contributed by atoms with E-state index >= 15 is 0 Å². The van der Waals surface area contributed by atoms with Crippen LogP contribution in [0, 0.1) is 0 Å². The van der Waals surface area contributed by atoms with Crippen LogP contribution >= 0.6 is 23.2 Å². The predicted molar refractivity (Wildman–Crippen MR) is 138 cm³/mol. The van der Waals surface area contributed by atoms with E-state index in [1.165, 1.54) is 0 Å². The highest BCUT2D eigenvalue weighted by molar-refractivity contribution is 7.86. The molecule has 0 aliphatic carbocycles. The van der Waals surface area contributed by atoms with Crippen molar-refractivity contribution in [2.45, 2.75) is 64.3 Å². The summed E-state index contributed by atoms with van der Waals surface area (Å²) in [7, 11) is -3.69. The number of fused-ring (bicyclic) bond motifs is 2. The van der Waals surface area contributed by atoms with Crippen LogP contribution in [0.4, 0.5) is 10.6 Å². The lowest BCUT2D eigenvalue weighted by Crippen LogP contribution is -2.58. The van der Waals surface area contributed by atoms with Gasteiger partial charge in [0.25, 0.3) is 16.0 Å². The molecule has 2 saturated heterocycles. The summed E-state index contributed by atoms with van der Waals surface area (Å²) in [4.78, 5) is 36.1. The molecular formula is C23H32Cl2N4O7S. The van der Waals surface area contributed by atoms with Gasteiger partial charge < -0.3 is 24.2 Å². The minimum Gasteiger partial charge on any atom is -0.489 e. The smallest absolute Gasteiger partial charge is 0.410 e. The summed E-state index contributed by atoms with van der Waals surface area (Å²) in [6, 6.07) is -0.447. The Morgan fingerprint density at radius 1 is 1.19 bits per heavy atom. The summed E-state index contributed by atoms with van der Waals surface area (Å²) < 4.78 is 40.3. The predicted octanol–water partition coefficient (Wildman–Crippen LogP) is 3.18.